The third kappa shape index (κ3) is 4.07. The average molecular weight is 372 g/mol. The molecular weight excluding hydrogens is 348 g/mol. The maximum atomic E-state index is 13.0. The molecule has 3 rings (SSSR count). The molecule has 26 heavy (non-hydrogen) atoms. The minimum absolute atomic E-state index is 0.160. The molecule has 0 spiro atoms. The fourth-order valence-electron chi connectivity index (χ4n) is 3.23. The predicted octanol–water partition coefficient (Wildman–Crippen LogP) is 4.48. The maximum Gasteiger partial charge on any atom is 0.258 e. The largest absolute Gasteiger partial charge is 0.494 e. The highest BCUT2D eigenvalue weighted by molar-refractivity contribution is 7.17. The van der Waals surface area contributed by atoms with Gasteiger partial charge in [-0.15, -0.1) is 11.3 Å². The lowest BCUT2D eigenvalue weighted by molar-refractivity contribution is -0.114. The van der Waals surface area contributed by atoms with E-state index in [0.717, 1.165) is 30.6 Å². The summed E-state index contributed by atoms with van der Waals surface area (Å²) < 4.78 is 5.43. The Morgan fingerprint density at radius 3 is 2.62 bits per heavy atom. The number of carbonyl (C=O) groups is 2. The molecule has 1 aromatic heterocycles. The summed E-state index contributed by atoms with van der Waals surface area (Å²) in [4.78, 5) is 25.7. The molecule has 0 fully saturated rings. The van der Waals surface area contributed by atoms with E-state index in [2.05, 4.69) is 17.6 Å². The van der Waals surface area contributed by atoms with E-state index < -0.39 is 0 Å². The van der Waals surface area contributed by atoms with E-state index in [-0.39, 0.29) is 11.8 Å². The smallest absolute Gasteiger partial charge is 0.258 e. The molecule has 0 radical (unpaired) electrons. The van der Waals surface area contributed by atoms with Crippen molar-refractivity contribution in [1.82, 2.24) is 0 Å². The van der Waals surface area contributed by atoms with E-state index in [4.69, 9.17) is 4.74 Å². The van der Waals surface area contributed by atoms with Gasteiger partial charge in [0.1, 0.15) is 10.8 Å². The second-order valence-electron chi connectivity index (χ2n) is 6.65. The first-order valence-corrected chi connectivity index (χ1v) is 9.76. The Labute approximate surface area is 157 Å². The van der Waals surface area contributed by atoms with Gasteiger partial charge < -0.3 is 15.4 Å². The van der Waals surface area contributed by atoms with E-state index in [0.29, 0.717) is 28.8 Å². The SMILES string of the molecule is CCOc1ccc(NC(=O)c2c(NC(C)=O)sc3c2CC[C@@H](C)C3)cc1. The molecule has 138 valence electrons. The summed E-state index contributed by atoms with van der Waals surface area (Å²) in [7, 11) is 0. The van der Waals surface area contributed by atoms with Crippen LogP contribution in [0.15, 0.2) is 24.3 Å². The van der Waals surface area contributed by atoms with Gasteiger partial charge in [0.25, 0.3) is 5.91 Å². The molecule has 1 aliphatic carbocycles. The van der Waals surface area contributed by atoms with Crippen LogP contribution in [0, 0.1) is 5.92 Å². The van der Waals surface area contributed by atoms with Crippen molar-refractivity contribution in [3.63, 3.8) is 0 Å². The molecule has 1 aliphatic rings. The van der Waals surface area contributed by atoms with E-state index in [9.17, 15) is 9.59 Å². The fourth-order valence-corrected chi connectivity index (χ4v) is 4.69. The topological polar surface area (TPSA) is 67.4 Å². The van der Waals surface area contributed by atoms with Gasteiger partial charge in [0.15, 0.2) is 0 Å². The van der Waals surface area contributed by atoms with Gasteiger partial charge in [-0.05, 0) is 61.9 Å². The minimum atomic E-state index is -0.176. The van der Waals surface area contributed by atoms with Crippen LogP contribution in [-0.4, -0.2) is 18.4 Å². The Bertz CT molecular complexity index is 811. The van der Waals surface area contributed by atoms with Crippen LogP contribution in [0.25, 0.3) is 0 Å². The Hall–Kier alpha value is -2.34. The molecule has 1 aromatic carbocycles. The summed E-state index contributed by atoms with van der Waals surface area (Å²) in [5.74, 6) is 1.04. The number of hydrogen-bond acceptors (Lipinski definition) is 4. The summed E-state index contributed by atoms with van der Waals surface area (Å²) in [5.41, 5.74) is 2.40. The molecular formula is C20H24N2O3S. The molecule has 0 unspecified atom stereocenters. The van der Waals surface area contributed by atoms with Crippen molar-refractivity contribution in [3.05, 3.63) is 40.3 Å². The molecule has 0 saturated heterocycles. The third-order valence-corrected chi connectivity index (χ3v) is 5.62. The lowest BCUT2D eigenvalue weighted by Gasteiger charge is -2.18. The second-order valence-corrected chi connectivity index (χ2v) is 7.75. The molecule has 0 bridgehead atoms. The number of hydrogen-bond donors (Lipinski definition) is 2. The number of anilines is 2. The molecule has 1 atom stereocenters. The zero-order valence-corrected chi connectivity index (χ0v) is 16.2. The number of ether oxygens (including phenoxy) is 1. The molecule has 0 aliphatic heterocycles. The second kappa shape index (κ2) is 7.91. The van der Waals surface area contributed by atoms with Crippen molar-refractivity contribution in [2.45, 2.75) is 40.0 Å². The molecule has 2 aromatic rings. The molecule has 6 heteroatoms. The van der Waals surface area contributed by atoms with Gasteiger partial charge in [-0.3, -0.25) is 9.59 Å². The Kier molecular flexibility index (Phi) is 5.61. The summed E-state index contributed by atoms with van der Waals surface area (Å²) in [5, 5.41) is 6.44. The van der Waals surface area contributed by atoms with E-state index in [1.807, 2.05) is 31.2 Å². The van der Waals surface area contributed by atoms with E-state index in [1.54, 1.807) is 0 Å². The van der Waals surface area contributed by atoms with Crippen LogP contribution in [0.1, 0.15) is 48.0 Å². The van der Waals surface area contributed by atoms with Crippen LogP contribution >= 0.6 is 11.3 Å². The zero-order valence-electron chi connectivity index (χ0n) is 15.3. The number of nitrogens with one attached hydrogen (secondary N) is 2. The van der Waals surface area contributed by atoms with Crippen LogP contribution in [0.3, 0.4) is 0 Å². The van der Waals surface area contributed by atoms with Crippen LogP contribution in [0.2, 0.25) is 0 Å². The van der Waals surface area contributed by atoms with Crippen molar-refractivity contribution in [2.24, 2.45) is 5.92 Å². The fraction of sp³-hybridized carbons (Fsp3) is 0.400. The Balaban J connectivity index is 1.86. The highest BCUT2D eigenvalue weighted by Crippen LogP contribution is 2.40. The van der Waals surface area contributed by atoms with Gasteiger partial charge in [-0.1, -0.05) is 6.92 Å². The highest BCUT2D eigenvalue weighted by atomic mass is 32.1. The highest BCUT2D eigenvalue weighted by Gasteiger charge is 2.28. The van der Waals surface area contributed by atoms with Gasteiger partial charge in [-0.25, -0.2) is 0 Å². The summed E-state index contributed by atoms with van der Waals surface area (Å²) >= 11 is 1.53. The van der Waals surface area contributed by atoms with Crippen molar-refractivity contribution >= 4 is 33.8 Å². The number of benzene rings is 1. The lowest BCUT2D eigenvalue weighted by atomic mass is 9.88. The molecule has 2 amide bonds. The maximum absolute atomic E-state index is 13.0. The number of thiophene rings is 1. The van der Waals surface area contributed by atoms with E-state index in [1.165, 1.54) is 23.1 Å². The summed E-state index contributed by atoms with van der Waals surface area (Å²) in [6.07, 6.45) is 2.90. The standard InChI is InChI=1S/C20H24N2O3S/c1-4-25-15-8-6-14(7-9-15)22-19(24)18-16-10-5-12(2)11-17(16)26-20(18)21-13(3)23/h6-9,12H,4-5,10-11H2,1-3H3,(H,21,23)(H,22,24)/t12-/m1/s1. The molecule has 1 heterocycles. The van der Waals surface area contributed by atoms with Crippen LogP contribution in [0.5, 0.6) is 5.75 Å². The van der Waals surface area contributed by atoms with E-state index >= 15 is 0 Å². The van der Waals surface area contributed by atoms with Crippen molar-refractivity contribution < 1.29 is 14.3 Å². The number of rotatable bonds is 5. The van der Waals surface area contributed by atoms with Crippen LogP contribution in [-0.2, 0) is 17.6 Å². The monoisotopic (exact) mass is 372 g/mol. The molecule has 2 N–H and O–H groups in total. The normalized spacial score (nSPS) is 15.9. The van der Waals surface area contributed by atoms with Crippen molar-refractivity contribution in [3.8, 4) is 5.75 Å². The summed E-state index contributed by atoms with van der Waals surface area (Å²) in [6, 6.07) is 7.31. The number of amides is 2. The van der Waals surface area contributed by atoms with Gasteiger partial charge in [-0.2, -0.15) is 0 Å². The van der Waals surface area contributed by atoms with Crippen LogP contribution in [0.4, 0.5) is 10.7 Å². The Morgan fingerprint density at radius 1 is 1.23 bits per heavy atom. The first-order chi connectivity index (χ1) is 12.5. The van der Waals surface area contributed by atoms with Gasteiger partial charge >= 0.3 is 0 Å². The van der Waals surface area contributed by atoms with Gasteiger partial charge in [0, 0.05) is 17.5 Å². The molecule has 0 saturated carbocycles. The first kappa shape index (κ1) is 18.5. The minimum Gasteiger partial charge on any atom is -0.494 e. The summed E-state index contributed by atoms with van der Waals surface area (Å²) in [6.45, 7) is 6.22. The number of fused-ring (bicyclic) bond motifs is 1. The molecule has 5 nitrogen and oxygen atoms in total. The lowest BCUT2D eigenvalue weighted by Crippen LogP contribution is -2.18. The average Bonchev–Trinajstić information content (AvgIpc) is 2.93. The number of carbonyl (C=O) groups excluding carboxylic acids is 2. The van der Waals surface area contributed by atoms with Crippen LogP contribution < -0.4 is 15.4 Å². The van der Waals surface area contributed by atoms with Crippen molar-refractivity contribution in [1.29, 1.82) is 0 Å². The third-order valence-electron chi connectivity index (χ3n) is 4.45. The van der Waals surface area contributed by atoms with Crippen molar-refractivity contribution in [2.75, 3.05) is 17.2 Å². The van der Waals surface area contributed by atoms with Gasteiger partial charge in [0.2, 0.25) is 5.91 Å². The Morgan fingerprint density at radius 2 is 1.96 bits per heavy atom. The first-order valence-electron chi connectivity index (χ1n) is 8.94. The quantitative estimate of drug-likeness (QED) is 0.813. The zero-order chi connectivity index (χ0) is 18.7. The predicted molar refractivity (Wildman–Crippen MR) is 105 cm³/mol. The van der Waals surface area contributed by atoms with Gasteiger partial charge in [0.05, 0.1) is 12.2 Å².